The lowest BCUT2D eigenvalue weighted by molar-refractivity contribution is -0.155. The molecule has 13 heteroatoms. The molecule has 1 aliphatic carbocycles. The summed E-state index contributed by atoms with van der Waals surface area (Å²) in [5.41, 5.74) is 1.00. The van der Waals surface area contributed by atoms with Crippen LogP contribution in [0.5, 0.6) is 5.75 Å². The second kappa shape index (κ2) is 12.3. The van der Waals surface area contributed by atoms with Crippen LogP contribution in [0.15, 0.2) is 42.6 Å². The van der Waals surface area contributed by atoms with Gasteiger partial charge < -0.3 is 19.9 Å². The van der Waals surface area contributed by atoms with Gasteiger partial charge in [0.2, 0.25) is 5.91 Å². The van der Waals surface area contributed by atoms with Gasteiger partial charge in [0.05, 0.1) is 29.8 Å². The number of amides is 1. The first-order valence-electron chi connectivity index (χ1n) is 15.2. The minimum Gasteiger partial charge on any atom is -0.491 e. The number of carbonyl (C=O) groups is 1. The lowest BCUT2D eigenvalue weighted by atomic mass is 9.83. The zero-order valence-corrected chi connectivity index (χ0v) is 25.3. The molecule has 45 heavy (non-hydrogen) atoms. The molecule has 0 radical (unpaired) electrons. The highest BCUT2D eigenvalue weighted by atomic mass is 19.4. The molecule has 1 amide bonds. The van der Waals surface area contributed by atoms with Gasteiger partial charge in [0.15, 0.2) is 0 Å². The third-order valence-corrected chi connectivity index (χ3v) is 9.19. The highest BCUT2D eigenvalue weighted by molar-refractivity contribution is 5.87. The minimum atomic E-state index is -4.57. The number of H-pyrrole nitrogens is 1. The number of rotatable bonds is 9. The van der Waals surface area contributed by atoms with E-state index in [1.54, 1.807) is 37.4 Å². The van der Waals surface area contributed by atoms with E-state index in [0.717, 1.165) is 53.9 Å². The van der Waals surface area contributed by atoms with Crippen LogP contribution in [-0.4, -0.2) is 101 Å². The number of benzene rings is 2. The van der Waals surface area contributed by atoms with E-state index < -0.39 is 42.0 Å². The Labute approximate surface area is 258 Å². The highest BCUT2D eigenvalue weighted by Crippen LogP contribution is 2.44. The van der Waals surface area contributed by atoms with Gasteiger partial charge in [-0.15, -0.1) is 0 Å². The first kappa shape index (κ1) is 31.4. The van der Waals surface area contributed by atoms with Crippen LogP contribution in [0.25, 0.3) is 10.9 Å². The summed E-state index contributed by atoms with van der Waals surface area (Å²) >= 11 is 0. The summed E-state index contributed by atoms with van der Waals surface area (Å²) in [4.78, 5) is 17.5. The Bertz CT molecular complexity index is 1550. The van der Waals surface area contributed by atoms with Crippen molar-refractivity contribution in [2.45, 2.75) is 50.0 Å². The van der Waals surface area contributed by atoms with Crippen molar-refractivity contribution in [3.05, 3.63) is 70.9 Å². The maximum absolute atomic E-state index is 15.8. The molecule has 8 nitrogen and oxygen atoms in total. The molecule has 2 fully saturated rings. The largest absolute Gasteiger partial charge is 0.491 e. The number of aromatic nitrogens is 2. The van der Waals surface area contributed by atoms with Crippen molar-refractivity contribution in [1.82, 2.24) is 30.2 Å². The van der Waals surface area contributed by atoms with Crippen molar-refractivity contribution in [3.63, 3.8) is 0 Å². The standard InChI is InChI=1S/C32H37F5N6O2/c1-20-14-23-22(5-6-27-24(23)17-39-40-27)30(43(20)18-32(35,36)37)29-25(33)15-21(16-26(29)34)45-19-31(7-8-31)38-9-3-4-28(44)42-12-10-41(2)11-13-42/h3-6,15-17,20,30,38H,7-14,18-19H2,1-2H3,(H,39,40)/b4-3+/t20-,30+/m1/s1. The van der Waals surface area contributed by atoms with Gasteiger partial charge in [0.1, 0.15) is 24.0 Å². The van der Waals surface area contributed by atoms with Crippen LogP contribution < -0.4 is 10.1 Å². The minimum absolute atomic E-state index is 0.0324. The molecule has 2 N–H and O–H groups in total. The number of halogens is 5. The molecule has 1 saturated heterocycles. The number of hydrogen-bond donors (Lipinski definition) is 2. The summed E-state index contributed by atoms with van der Waals surface area (Å²) in [6.45, 7) is 3.96. The van der Waals surface area contributed by atoms with E-state index in [9.17, 15) is 18.0 Å². The summed E-state index contributed by atoms with van der Waals surface area (Å²) in [6, 6.07) is 3.44. The van der Waals surface area contributed by atoms with E-state index in [0.29, 0.717) is 30.7 Å². The third-order valence-electron chi connectivity index (χ3n) is 9.19. The average Bonchev–Trinajstić information content (AvgIpc) is 3.58. The molecule has 2 atom stereocenters. The Morgan fingerprint density at radius 2 is 1.87 bits per heavy atom. The Hall–Kier alpha value is -3.55. The quantitative estimate of drug-likeness (QED) is 0.266. The van der Waals surface area contributed by atoms with E-state index in [4.69, 9.17) is 4.74 Å². The Morgan fingerprint density at radius 3 is 2.53 bits per heavy atom. The highest BCUT2D eigenvalue weighted by Gasteiger charge is 2.44. The predicted octanol–water partition coefficient (Wildman–Crippen LogP) is 4.57. The van der Waals surface area contributed by atoms with Gasteiger partial charge in [0.25, 0.3) is 0 Å². The molecule has 0 spiro atoms. The topological polar surface area (TPSA) is 76.7 Å². The number of nitrogens with one attached hydrogen (secondary N) is 2. The second-order valence-electron chi connectivity index (χ2n) is 12.5. The first-order valence-corrected chi connectivity index (χ1v) is 15.2. The molecule has 6 rings (SSSR count). The third kappa shape index (κ3) is 6.85. The van der Waals surface area contributed by atoms with Crippen LogP contribution in [0.1, 0.15) is 42.5 Å². The number of ether oxygens (including phenoxy) is 1. The van der Waals surface area contributed by atoms with E-state index in [-0.39, 0.29) is 30.2 Å². The van der Waals surface area contributed by atoms with Gasteiger partial charge in [-0.1, -0.05) is 12.1 Å². The molecule has 3 aromatic rings. The summed E-state index contributed by atoms with van der Waals surface area (Å²) in [7, 11) is 2.02. The summed E-state index contributed by atoms with van der Waals surface area (Å²) in [5, 5.41) is 11.0. The van der Waals surface area contributed by atoms with Crippen LogP contribution in [0.2, 0.25) is 0 Å². The van der Waals surface area contributed by atoms with Gasteiger partial charge in [-0.3, -0.25) is 14.8 Å². The number of piperazine rings is 1. The maximum Gasteiger partial charge on any atom is 0.401 e. The summed E-state index contributed by atoms with van der Waals surface area (Å²) < 4.78 is 78.6. The Balaban J connectivity index is 1.16. The Kier molecular flexibility index (Phi) is 8.61. The first-order chi connectivity index (χ1) is 21.4. The van der Waals surface area contributed by atoms with Gasteiger partial charge in [-0.25, -0.2) is 8.78 Å². The fourth-order valence-corrected chi connectivity index (χ4v) is 6.42. The summed E-state index contributed by atoms with van der Waals surface area (Å²) in [5.74, 6) is -2.02. The van der Waals surface area contributed by atoms with E-state index in [2.05, 4.69) is 20.4 Å². The molecule has 242 valence electrons. The molecule has 1 saturated carbocycles. The number of likely N-dealkylation sites (N-methyl/N-ethyl adjacent to an activating group) is 1. The van der Waals surface area contributed by atoms with E-state index in [1.807, 2.05) is 11.9 Å². The van der Waals surface area contributed by atoms with Crippen molar-refractivity contribution >= 4 is 16.8 Å². The number of fused-ring (bicyclic) bond motifs is 3. The molecule has 2 aliphatic heterocycles. The Morgan fingerprint density at radius 1 is 1.16 bits per heavy atom. The second-order valence-corrected chi connectivity index (χ2v) is 12.5. The molecule has 0 bridgehead atoms. The van der Waals surface area contributed by atoms with Crippen LogP contribution in [-0.2, 0) is 11.2 Å². The van der Waals surface area contributed by atoms with Gasteiger partial charge in [-0.2, -0.15) is 18.3 Å². The normalized spacial score (nSPS) is 22.2. The zero-order chi connectivity index (χ0) is 31.9. The van der Waals surface area contributed by atoms with Crippen molar-refractivity contribution < 1.29 is 31.5 Å². The van der Waals surface area contributed by atoms with Gasteiger partial charge >= 0.3 is 6.18 Å². The SMILES string of the molecule is C[C@@H]1Cc2c(ccc3[nH]ncc23)[C@@H](c2c(F)cc(OCC3(NC/C=C/C(=O)N4CCN(C)CC4)CC3)cc2F)N1CC(F)(F)F. The van der Waals surface area contributed by atoms with E-state index >= 15 is 8.78 Å². The molecular formula is C32H37F5N6O2. The molecule has 1 aromatic heterocycles. The molecule has 2 aromatic carbocycles. The predicted molar refractivity (Wildman–Crippen MR) is 159 cm³/mol. The monoisotopic (exact) mass is 632 g/mol. The van der Waals surface area contributed by atoms with E-state index in [1.165, 1.54) is 0 Å². The van der Waals surface area contributed by atoms with Crippen molar-refractivity contribution in [3.8, 4) is 5.75 Å². The smallest absolute Gasteiger partial charge is 0.401 e. The van der Waals surface area contributed by atoms with Gasteiger partial charge in [0, 0.05) is 67.9 Å². The number of hydrogen-bond acceptors (Lipinski definition) is 6. The summed E-state index contributed by atoms with van der Waals surface area (Å²) in [6.07, 6.45) is 2.20. The fourth-order valence-electron chi connectivity index (χ4n) is 6.42. The lowest BCUT2D eigenvalue weighted by Crippen LogP contribution is -2.47. The number of nitrogens with zero attached hydrogens (tertiary/aromatic N) is 4. The maximum atomic E-state index is 15.8. The van der Waals surface area contributed by atoms with Crippen LogP contribution in [0.3, 0.4) is 0 Å². The number of carbonyl (C=O) groups excluding carboxylic acids is 1. The van der Waals surface area contributed by atoms with Crippen LogP contribution >= 0.6 is 0 Å². The fraction of sp³-hybridized carbons (Fsp3) is 0.500. The molecular weight excluding hydrogens is 595 g/mol. The number of aromatic amines is 1. The average molecular weight is 633 g/mol. The number of alkyl halides is 3. The van der Waals surface area contributed by atoms with Crippen molar-refractivity contribution in [2.75, 3.05) is 52.9 Å². The van der Waals surface area contributed by atoms with Crippen LogP contribution in [0.4, 0.5) is 22.0 Å². The zero-order valence-electron chi connectivity index (χ0n) is 25.3. The van der Waals surface area contributed by atoms with Gasteiger partial charge in [-0.05, 0) is 50.4 Å². The molecule has 3 aliphatic rings. The van der Waals surface area contributed by atoms with Crippen LogP contribution in [0, 0.1) is 11.6 Å². The molecule has 0 unspecified atom stereocenters. The molecule has 3 heterocycles. The van der Waals surface area contributed by atoms with Crippen molar-refractivity contribution in [1.29, 1.82) is 0 Å². The van der Waals surface area contributed by atoms with Crippen molar-refractivity contribution in [2.24, 2.45) is 0 Å². The lowest BCUT2D eigenvalue weighted by Gasteiger charge is -2.42.